The van der Waals surface area contributed by atoms with Crippen LogP contribution in [0, 0.1) is 0 Å². The van der Waals surface area contributed by atoms with E-state index in [1.54, 1.807) is 0 Å². The summed E-state index contributed by atoms with van der Waals surface area (Å²) in [6, 6.07) is 14.6. The van der Waals surface area contributed by atoms with Crippen molar-refractivity contribution in [3.63, 3.8) is 0 Å². The van der Waals surface area contributed by atoms with Crippen molar-refractivity contribution in [3.05, 3.63) is 137 Å². The SMILES string of the molecule is O=C(CCCCN(CCCCN(CCCNC(=O)c1cccc(=O)n1O)C(=O)c1cccc(=O)n1O)C(=O)c1cccc(=O)n1O)c1cccc(=O)n1O.[Zr]. The van der Waals surface area contributed by atoms with E-state index in [4.69, 9.17) is 0 Å². The third-order valence-corrected chi connectivity index (χ3v) is 8.33. The maximum atomic E-state index is 13.5. The van der Waals surface area contributed by atoms with Gasteiger partial charge >= 0.3 is 0 Å². The summed E-state index contributed by atoms with van der Waals surface area (Å²) < 4.78 is 0.894. The molecular weight excluding hydrogens is 802 g/mol. The van der Waals surface area contributed by atoms with Crippen LogP contribution in [0.1, 0.15) is 80.5 Å². The van der Waals surface area contributed by atoms with Gasteiger partial charge in [0.1, 0.15) is 22.8 Å². The van der Waals surface area contributed by atoms with E-state index in [9.17, 15) is 59.2 Å². The Bertz CT molecular complexity index is 2090. The number of hydrogen-bond donors (Lipinski definition) is 5. The Morgan fingerprint density at radius 2 is 0.836 bits per heavy atom. The van der Waals surface area contributed by atoms with E-state index in [0.717, 1.165) is 24.3 Å². The van der Waals surface area contributed by atoms with E-state index in [1.165, 1.54) is 58.3 Å². The summed E-state index contributed by atoms with van der Waals surface area (Å²) in [5.41, 5.74) is -4.32. The standard InChI is InChI=1S/C35H39N7O12.Zr/c43-28(24-10-5-15-29(44)39(24)51)14-1-2-20-37(34(49)26-12-7-17-31(46)41(26)53)21-3-4-22-38(35(50)27-13-8-18-32(47)42(27)54)23-9-19-36-33(48)25-11-6-16-30(45)40(25)52;/h5-8,10-13,15-18,51-54H,1-4,9,14,19-23H2,(H,36,48);. The van der Waals surface area contributed by atoms with Gasteiger partial charge in [0.05, 0.1) is 0 Å². The second-order valence-corrected chi connectivity index (χ2v) is 12.0. The third kappa shape index (κ3) is 11.2. The van der Waals surface area contributed by atoms with Crippen molar-refractivity contribution in [2.75, 3.05) is 32.7 Å². The second kappa shape index (κ2) is 20.4. The molecule has 0 bridgehead atoms. The van der Waals surface area contributed by atoms with Crippen LogP contribution in [0.15, 0.2) is 92.0 Å². The van der Waals surface area contributed by atoms with Crippen LogP contribution in [-0.2, 0) is 26.2 Å². The van der Waals surface area contributed by atoms with E-state index >= 15 is 0 Å². The number of ketones is 1. The number of rotatable bonds is 18. The fourth-order valence-corrected chi connectivity index (χ4v) is 5.47. The first kappa shape index (κ1) is 43.4. The Morgan fingerprint density at radius 3 is 1.29 bits per heavy atom. The molecule has 0 unspecified atom stereocenters. The van der Waals surface area contributed by atoms with Gasteiger partial charge in [-0.15, -0.1) is 18.9 Å². The first-order chi connectivity index (χ1) is 25.8. The molecule has 19 nitrogen and oxygen atoms in total. The number of pyridine rings is 4. The topological polar surface area (TPSA) is 256 Å². The van der Waals surface area contributed by atoms with Crippen LogP contribution in [0.4, 0.5) is 0 Å². The molecule has 5 N–H and O–H groups in total. The Kier molecular flexibility index (Phi) is 16.1. The van der Waals surface area contributed by atoms with Gasteiger partial charge < -0.3 is 35.9 Å². The number of amides is 3. The van der Waals surface area contributed by atoms with Gasteiger partial charge in [0.2, 0.25) is 0 Å². The van der Waals surface area contributed by atoms with Crippen molar-refractivity contribution < 1.29 is 66.2 Å². The van der Waals surface area contributed by atoms with Gasteiger partial charge in [0.25, 0.3) is 40.0 Å². The van der Waals surface area contributed by atoms with Crippen LogP contribution >= 0.6 is 0 Å². The molecule has 0 radical (unpaired) electrons. The maximum Gasteiger partial charge on any atom is 0.283 e. The Morgan fingerprint density at radius 1 is 0.491 bits per heavy atom. The molecule has 4 rings (SSSR count). The average Bonchev–Trinajstić information content (AvgIpc) is 3.15. The fourth-order valence-electron chi connectivity index (χ4n) is 5.47. The number of unbranched alkanes of at least 4 members (excludes halogenated alkanes) is 2. The Hall–Kier alpha value is -6.04. The van der Waals surface area contributed by atoms with Crippen molar-refractivity contribution in [1.82, 2.24) is 34.0 Å². The summed E-state index contributed by atoms with van der Waals surface area (Å²) in [6.45, 7) is 0.277. The van der Waals surface area contributed by atoms with Crippen LogP contribution in [0.2, 0.25) is 0 Å². The largest absolute Gasteiger partial charge is 0.425 e. The Labute approximate surface area is 330 Å². The van der Waals surface area contributed by atoms with Gasteiger partial charge in [-0.3, -0.25) is 38.4 Å². The van der Waals surface area contributed by atoms with E-state index in [2.05, 4.69) is 5.32 Å². The monoisotopic (exact) mass is 839 g/mol. The normalized spacial score (nSPS) is 10.6. The molecule has 3 amide bonds. The van der Waals surface area contributed by atoms with Crippen molar-refractivity contribution in [1.29, 1.82) is 0 Å². The van der Waals surface area contributed by atoms with Crippen molar-refractivity contribution >= 4 is 23.5 Å². The smallest absolute Gasteiger partial charge is 0.283 e. The van der Waals surface area contributed by atoms with Crippen LogP contribution in [0.3, 0.4) is 0 Å². The molecule has 0 fully saturated rings. The molecule has 4 aromatic rings. The van der Waals surface area contributed by atoms with Crippen LogP contribution in [-0.4, -0.2) is 106 Å². The quantitative estimate of drug-likeness (QED) is 0.0522. The van der Waals surface area contributed by atoms with Gasteiger partial charge in [-0.2, -0.15) is 0 Å². The summed E-state index contributed by atoms with van der Waals surface area (Å²) in [7, 11) is 0. The second-order valence-electron chi connectivity index (χ2n) is 12.0. The zero-order valence-corrected chi connectivity index (χ0v) is 31.9. The van der Waals surface area contributed by atoms with E-state index in [1.807, 2.05) is 0 Å². The van der Waals surface area contributed by atoms with Gasteiger partial charge in [-0.05, 0) is 56.4 Å². The molecule has 0 aliphatic rings. The van der Waals surface area contributed by atoms with E-state index in [0.29, 0.717) is 0 Å². The number of carbonyl (C=O) groups excluding carboxylic acids is 4. The number of hydrogen-bond acceptors (Lipinski definition) is 12. The molecule has 4 heterocycles. The number of carbonyl (C=O) groups is 4. The minimum atomic E-state index is -0.834. The number of aromatic nitrogens is 4. The first-order valence-electron chi connectivity index (χ1n) is 16.9. The molecule has 20 heteroatoms. The Balaban J connectivity index is 0.00000812. The zero-order valence-electron chi connectivity index (χ0n) is 29.4. The summed E-state index contributed by atoms with van der Waals surface area (Å²) >= 11 is 0. The summed E-state index contributed by atoms with van der Waals surface area (Å²) in [4.78, 5) is 102. The molecule has 0 aliphatic carbocycles. The molecule has 290 valence electrons. The molecular formula is C35H39N7O12Zr. The van der Waals surface area contributed by atoms with Crippen molar-refractivity contribution in [2.45, 2.75) is 38.5 Å². The summed E-state index contributed by atoms with van der Waals surface area (Å²) in [5, 5.41) is 42.7. The predicted molar refractivity (Wildman–Crippen MR) is 188 cm³/mol. The fraction of sp³-hybridized carbons (Fsp3) is 0.314. The molecule has 0 spiro atoms. The number of nitrogens with one attached hydrogen (secondary N) is 1. The number of Topliss-reactive ketones (excluding diaryl/α,β-unsaturated/α-hetero) is 1. The van der Waals surface area contributed by atoms with Gasteiger partial charge in [0.15, 0.2) is 5.78 Å². The van der Waals surface area contributed by atoms with Crippen molar-refractivity contribution in [3.8, 4) is 0 Å². The van der Waals surface area contributed by atoms with Crippen LogP contribution in [0.25, 0.3) is 0 Å². The molecule has 0 aliphatic heterocycles. The number of nitrogens with zero attached hydrogens (tertiary/aromatic N) is 6. The molecule has 0 atom stereocenters. The van der Waals surface area contributed by atoms with E-state index < -0.39 is 45.7 Å². The van der Waals surface area contributed by atoms with Gasteiger partial charge in [0, 0.05) is 89.6 Å². The minimum absolute atomic E-state index is 0. The molecule has 0 aromatic carbocycles. The third-order valence-electron chi connectivity index (χ3n) is 8.33. The van der Waals surface area contributed by atoms with E-state index in [-0.39, 0.29) is 139 Å². The zero-order chi connectivity index (χ0) is 39.4. The summed E-state index contributed by atoms with van der Waals surface area (Å²) in [5.74, 6) is -2.62. The van der Waals surface area contributed by atoms with Crippen LogP contribution < -0.4 is 27.6 Å². The summed E-state index contributed by atoms with van der Waals surface area (Å²) in [6.07, 6.45) is 1.25. The molecule has 55 heavy (non-hydrogen) atoms. The van der Waals surface area contributed by atoms with Crippen molar-refractivity contribution in [2.24, 2.45) is 0 Å². The van der Waals surface area contributed by atoms with Crippen LogP contribution in [0.5, 0.6) is 0 Å². The maximum absolute atomic E-state index is 13.5. The molecule has 0 saturated heterocycles. The van der Waals surface area contributed by atoms with Gasteiger partial charge in [-0.25, -0.2) is 0 Å². The minimum Gasteiger partial charge on any atom is -0.425 e. The molecule has 4 aromatic heterocycles. The molecule has 0 saturated carbocycles. The van der Waals surface area contributed by atoms with Gasteiger partial charge in [-0.1, -0.05) is 24.3 Å². The predicted octanol–water partition coefficient (Wildman–Crippen LogP) is 0.518. The first-order valence-corrected chi connectivity index (χ1v) is 16.9. The average molecular weight is 841 g/mol.